The van der Waals surface area contributed by atoms with Crippen LogP contribution >= 0.6 is 11.3 Å². The summed E-state index contributed by atoms with van der Waals surface area (Å²) in [6.45, 7) is 3.99. The number of nitrogens with one attached hydrogen (secondary N) is 3. The standard InChI is InChI=1S/C27H23N5OS/c1-17-7-9-20(10-8-17)29-25-15-18(2)28-27(32-25)31-22-13-11-21(12-14-22)30-26(33)24-16-19-5-3-4-6-23(19)34-24/h3-16H,1-2H3,(H,30,33)(H2,28,29,31,32). The van der Waals surface area contributed by atoms with Crippen molar-refractivity contribution in [1.29, 1.82) is 0 Å². The van der Waals surface area contributed by atoms with E-state index in [1.165, 1.54) is 16.9 Å². The van der Waals surface area contributed by atoms with E-state index in [4.69, 9.17) is 0 Å². The molecule has 5 aromatic rings. The van der Waals surface area contributed by atoms with Crippen LogP contribution in [0.15, 0.2) is 84.9 Å². The van der Waals surface area contributed by atoms with Crippen molar-refractivity contribution in [1.82, 2.24) is 9.97 Å². The summed E-state index contributed by atoms with van der Waals surface area (Å²) in [5, 5.41) is 10.6. The van der Waals surface area contributed by atoms with Crippen LogP contribution in [-0.4, -0.2) is 15.9 Å². The lowest BCUT2D eigenvalue weighted by atomic mass is 10.2. The predicted octanol–water partition coefficient (Wildman–Crippen LogP) is 7.05. The van der Waals surface area contributed by atoms with Gasteiger partial charge in [0.25, 0.3) is 5.91 Å². The molecular weight excluding hydrogens is 442 g/mol. The number of carbonyl (C=O) groups excluding carboxylic acids is 1. The summed E-state index contributed by atoms with van der Waals surface area (Å²) in [6.07, 6.45) is 0. The average molecular weight is 466 g/mol. The van der Waals surface area contributed by atoms with Crippen LogP contribution in [0.4, 0.5) is 28.8 Å². The Morgan fingerprint density at radius 3 is 2.21 bits per heavy atom. The highest BCUT2D eigenvalue weighted by Crippen LogP contribution is 2.26. The first-order chi connectivity index (χ1) is 16.5. The maximum absolute atomic E-state index is 12.7. The van der Waals surface area contributed by atoms with Crippen molar-refractivity contribution in [2.45, 2.75) is 13.8 Å². The largest absolute Gasteiger partial charge is 0.340 e. The molecule has 0 radical (unpaired) electrons. The van der Waals surface area contributed by atoms with Crippen LogP contribution < -0.4 is 16.0 Å². The number of aryl methyl sites for hydroxylation is 2. The Hall–Kier alpha value is -4.23. The van der Waals surface area contributed by atoms with Gasteiger partial charge in [-0.05, 0) is 67.8 Å². The summed E-state index contributed by atoms with van der Waals surface area (Å²) in [6, 6.07) is 27.4. The lowest BCUT2D eigenvalue weighted by Gasteiger charge is -2.11. The first kappa shape index (κ1) is 21.6. The highest BCUT2D eigenvalue weighted by Gasteiger charge is 2.11. The van der Waals surface area contributed by atoms with Gasteiger partial charge in [0.1, 0.15) is 5.82 Å². The van der Waals surface area contributed by atoms with Crippen LogP contribution in [-0.2, 0) is 0 Å². The van der Waals surface area contributed by atoms with Crippen LogP contribution in [0.1, 0.15) is 20.9 Å². The quantitative estimate of drug-likeness (QED) is 0.250. The Labute approximate surface area is 201 Å². The number of hydrogen-bond donors (Lipinski definition) is 3. The maximum Gasteiger partial charge on any atom is 0.265 e. The summed E-state index contributed by atoms with van der Waals surface area (Å²) < 4.78 is 1.10. The van der Waals surface area contributed by atoms with E-state index in [0.29, 0.717) is 16.6 Å². The van der Waals surface area contributed by atoms with Crippen molar-refractivity contribution in [2.75, 3.05) is 16.0 Å². The van der Waals surface area contributed by atoms with Crippen molar-refractivity contribution in [3.05, 3.63) is 101 Å². The number of thiophene rings is 1. The third kappa shape index (κ3) is 5.05. The summed E-state index contributed by atoms with van der Waals surface area (Å²) in [7, 11) is 0. The minimum absolute atomic E-state index is 0.115. The van der Waals surface area contributed by atoms with Gasteiger partial charge < -0.3 is 16.0 Å². The molecule has 3 N–H and O–H groups in total. The molecule has 7 heteroatoms. The van der Waals surface area contributed by atoms with Gasteiger partial charge in [0.2, 0.25) is 5.95 Å². The molecule has 0 saturated carbocycles. The fraction of sp³-hybridized carbons (Fsp3) is 0.0741. The SMILES string of the molecule is Cc1ccc(Nc2cc(C)nc(Nc3ccc(NC(=O)c4cc5ccccc5s4)cc3)n2)cc1. The van der Waals surface area contributed by atoms with Gasteiger partial charge in [0, 0.05) is 33.5 Å². The maximum atomic E-state index is 12.7. The molecule has 1 amide bonds. The van der Waals surface area contributed by atoms with Gasteiger partial charge >= 0.3 is 0 Å². The van der Waals surface area contributed by atoms with E-state index < -0.39 is 0 Å². The molecule has 2 aromatic heterocycles. The molecule has 2 heterocycles. The number of anilines is 5. The van der Waals surface area contributed by atoms with E-state index in [-0.39, 0.29) is 5.91 Å². The van der Waals surface area contributed by atoms with E-state index in [9.17, 15) is 4.79 Å². The van der Waals surface area contributed by atoms with E-state index in [2.05, 4.69) is 45.0 Å². The number of hydrogen-bond acceptors (Lipinski definition) is 6. The molecular formula is C27H23N5OS. The van der Waals surface area contributed by atoms with Crippen molar-refractivity contribution in [3.8, 4) is 0 Å². The Bertz CT molecular complexity index is 1430. The minimum atomic E-state index is -0.115. The third-order valence-electron chi connectivity index (χ3n) is 5.23. The number of rotatable bonds is 6. The normalized spacial score (nSPS) is 10.8. The first-order valence-corrected chi connectivity index (χ1v) is 11.7. The molecule has 6 nitrogen and oxygen atoms in total. The van der Waals surface area contributed by atoms with Crippen LogP contribution in [0, 0.1) is 13.8 Å². The highest BCUT2D eigenvalue weighted by atomic mass is 32.1. The van der Waals surface area contributed by atoms with E-state index >= 15 is 0 Å². The zero-order chi connectivity index (χ0) is 23.5. The number of nitrogens with zero attached hydrogens (tertiary/aromatic N) is 2. The summed E-state index contributed by atoms with van der Waals surface area (Å²) in [5.41, 5.74) is 4.56. The molecule has 168 valence electrons. The first-order valence-electron chi connectivity index (χ1n) is 10.9. The molecule has 5 rings (SSSR count). The summed E-state index contributed by atoms with van der Waals surface area (Å²) in [5.74, 6) is 1.10. The lowest BCUT2D eigenvalue weighted by molar-refractivity contribution is 0.103. The molecule has 0 aliphatic heterocycles. The number of amides is 1. The van der Waals surface area contributed by atoms with Crippen LogP contribution in [0.2, 0.25) is 0 Å². The molecule has 34 heavy (non-hydrogen) atoms. The second-order valence-electron chi connectivity index (χ2n) is 8.01. The minimum Gasteiger partial charge on any atom is -0.340 e. The number of fused-ring (bicyclic) bond motifs is 1. The smallest absolute Gasteiger partial charge is 0.265 e. The van der Waals surface area contributed by atoms with Crippen LogP contribution in [0.25, 0.3) is 10.1 Å². The molecule has 0 atom stereocenters. The Kier molecular flexibility index (Phi) is 5.93. The number of aromatic nitrogens is 2. The molecule has 0 fully saturated rings. The van der Waals surface area contributed by atoms with E-state index in [1.807, 2.05) is 79.7 Å². The zero-order valence-corrected chi connectivity index (χ0v) is 19.6. The molecule has 0 spiro atoms. The third-order valence-corrected chi connectivity index (χ3v) is 6.34. The van der Waals surface area contributed by atoms with Gasteiger partial charge in [-0.2, -0.15) is 4.98 Å². The fourth-order valence-corrected chi connectivity index (χ4v) is 4.48. The molecule has 3 aromatic carbocycles. The Balaban J connectivity index is 1.26. The van der Waals surface area contributed by atoms with Gasteiger partial charge in [-0.3, -0.25) is 4.79 Å². The highest BCUT2D eigenvalue weighted by molar-refractivity contribution is 7.20. The molecule has 0 unspecified atom stereocenters. The van der Waals surface area contributed by atoms with Gasteiger partial charge in [-0.1, -0.05) is 35.9 Å². The fourth-order valence-electron chi connectivity index (χ4n) is 3.53. The van der Waals surface area contributed by atoms with E-state index in [0.717, 1.165) is 32.8 Å². The molecule has 0 aliphatic rings. The Morgan fingerprint density at radius 1 is 0.765 bits per heavy atom. The van der Waals surface area contributed by atoms with Crippen LogP contribution in [0.3, 0.4) is 0 Å². The van der Waals surface area contributed by atoms with Crippen molar-refractivity contribution < 1.29 is 4.79 Å². The topological polar surface area (TPSA) is 78.9 Å². The molecule has 0 bridgehead atoms. The molecule has 0 saturated heterocycles. The Morgan fingerprint density at radius 2 is 1.44 bits per heavy atom. The van der Waals surface area contributed by atoms with Crippen LogP contribution in [0.5, 0.6) is 0 Å². The number of benzene rings is 3. The van der Waals surface area contributed by atoms with Gasteiger partial charge in [0.15, 0.2) is 0 Å². The van der Waals surface area contributed by atoms with Crippen molar-refractivity contribution in [3.63, 3.8) is 0 Å². The molecule has 0 aliphatic carbocycles. The second kappa shape index (κ2) is 9.33. The number of carbonyl (C=O) groups is 1. The monoisotopic (exact) mass is 465 g/mol. The average Bonchev–Trinajstić information content (AvgIpc) is 3.26. The second-order valence-corrected chi connectivity index (χ2v) is 9.10. The van der Waals surface area contributed by atoms with Crippen molar-refractivity contribution >= 4 is 56.2 Å². The van der Waals surface area contributed by atoms with Gasteiger partial charge in [0.05, 0.1) is 4.88 Å². The van der Waals surface area contributed by atoms with Crippen molar-refractivity contribution in [2.24, 2.45) is 0 Å². The summed E-state index contributed by atoms with van der Waals surface area (Å²) >= 11 is 1.49. The predicted molar refractivity (Wildman–Crippen MR) is 141 cm³/mol. The van der Waals surface area contributed by atoms with Gasteiger partial charge in [-0.25, -0.2) is 4.98 Å². The van der Waals surface area contributed by atoms with Gasteiger partial charge in [-0.15, -0.1) is 11.3 Å². The lowest BCUT2D eigenvalue weighted by Crippen LogP contribution is -2.10. The summed E-state index contributed by atoms with van der Waals surface area (Å²) in [4.78, 5) is 22.4. The van der Waals surface area contributed by atoms with E-state index in [1.54, 1.807) is 0 Å². The zero-order valence-electron chi connectivity index (χ0n) is 18.8.